The number of thioether (sulfide) groups is 1. The number of rotatable bonds is 7. The van der Waals surface area contributed by atoms with Gasteiger partial charge in [-0.15, -0.1) is 16.8 Å². The SMILES string of the molecule is C=CCn1c(C)nnc1SCc1ccc(OC(F)F)cc1. The van der Waals surface area contributed by atoms with E-state index in [0.717, 1.165) is 16.5 Å². The Bertz CT molecular complexity index is 599. The van der Waals surface area contributed by atoms with E-state index in [1.54, 1.807) is 18.2 Å². The number of aryl methyl sites for hydroxylation is 1. The minimum atomic E-state index is -2.80. The van der Waals surface area contributed by atoms with E-state index >= 15 is 0 Å². The summed E-state index contributed by atoms with van der Waals surface area (Å²) in [5.74, 6) is 1.66. The van der Waals surface area contributed by atoms with E-state index in [2.05, 4.69) is 21.5 Å². The molecule has 0 unspecified atom stereocenters. The molecule has 112 valence electrons. The van der Waals surface area contributed by atoms with Crippen molar-refractivity contribution in [3.8, 4) is 5.75 Å². The molecule has 1 aromatic carbocycles. The van der Waals surface area contributed by atoms with E-state index in [9.17, 15) is 8.78 Å². The Kier molecular flexibility index (Phi) is 5.32. The number of aromatic nitrogens is 3. The smallest absolute Gasteiger partial charge is 0.387 e. The Morgan fingerprint density at radius 3 is 2.67 bits per heavy atom. The van der Waals surface area contributed by atoms with Crippen LogP contribution in [0.5, 0.6) is 5.75 Å². The molecular weight excluding hydrogens is 296 g/mol. The Morgan fingerprint density at radius 2 is 2.05 bits per heavy atom. The second-order valence-corrected chi connectivity index (χ2v) is 5.18. The van der Waals surface area contributed by atoms with Crippen molar-refractivity contribution in [2.24, 2.45) is 0 Å². The van der Waals surface area contributed by atoms with Gasteiger partial charge in [0.05, 0.1) is 0 Å². The first kappa shape index (κ1) is 15.5. The normalized spacial score (nSPS) is 10.9. The van der Waals surface area contributed by atoms with Crippen molar-refractivity contribution < 1.29 is 13.5 Å². The average Bonchev–Trinajstić information content (AvgIpc) is 2.79. The molecule has 4 nitrogen and oxygen atoms in total. The van der Waals surface area contributed by atoms with E-state index in [1.807, 2.05) is 11.5 Å². The summed E-state index contributed by atoms with van der Waals surface area (Å²) in [6.45, 7) is 3.45. The third kappa shape index (κ3) is 4.29. The molecule has 21 heavy (non-hydrogen) atoms. The quantitative estimate of drug-likeness (QED) is 0.578. The maximum atomic E-state index is 12.1. The summed E-state index contributed by atoms with van der Waals surface area (Å²) in [5.41, 5.74) is 0.993. The predicted octanol–water partition coefficient (Wildman–Crippen LogP) is 3.67. The molecule has 0 amide bonds. The lowest BCUT2D eigenvalue weighted by atomic mass is 10.2. The largest absolute Gasteiger partial charge is 0.435 e. The zero-order valence-electron chi connectivity index (χ0n) is 11.5. The molecular formula is C14H15F2N3OS. The number of hydrogen-bond acceptors (Lipinski definition) is 4. The first-order valence-corrected chi connectivity index (χ1v) is 7.26. The lowest BCUT2D eigenvalue weighted by Crippen LogP contribution is -2.01. The van der Waals surface area contributed by atoms with Crippen molar-refractivity contribution in [1.29, 1.82) is 0 Å². The molecule has 1 heterocycles. The maximum Gasteiger partial charge on any atom is 0.387 e. The minimum Gasteiger partial charge on any atom is -0.435 e. The number of alkyl halides is 2. The standard InChI is InChI=1S/C14H15F2N3OS/c1-3-8-19-10(2)17-18-14(19)21-9-11-4-6-12(7-5-11)20-13(15)16/h3-7,13H,1,8-9H2,2H3. The van der Waals surface area contributed by atoms with Crippen LogP contribution in [0.4, 0.5) is 8.78 Å². The molecule has 0 aliphatic carbocycles. The maximum absolute atomic E-state index is 12.1. The molecule has 0 aliphatic heterocycles. The molecule has 0 spiro atoms. The molecule has 0 radical (unpaired) electrons. The van der Waals surface area contributed by atoms with Crippen molar-refractivity contribution in [2.75, 3.05) is 0 Å². The topological polar surface area (TPSA) is 39.9 Å². The van der Waals surface area contributed by atoms with E-state index in [0.29, 0.717) is 12.3 Å². The van der Waals surface area contributed by atoms with E-state index in [1.165, 1.54) is 23.9 Å². The number of ether oxygens (including phenoxy) is 1. The fourth-order valence-electron chi connectivity index (χ4n) is 1.72. The molecule has 0 fully saturated rings. The summed E-state index contributed by atoms with van der Waals surface area (Å²) in [4.78, 5) is 0. The van der Waals surface area contributed by atoms with Crippen LogP contribution in [0.1, 0.15) is 11.4 Å². The highest BCUT2D eigenvalue weighted by Gasteiger charge is 2.09. The fraction of sp³-hybridized carbons (Fsp3) is 0.286. The molecule has 1 aromatic heterocycles. The van der Waals surface area contributed by atoms with Gasteiger partial charge in [0.15, 0.2) is 5.16 Å². The number of benzene rings is 1. The lowest BCUT2D eigenvalue weighted by molar-refractivity contribution is -0.0498. The van der Waals surface area contributed by atoms with Crippen LogP contribution in [-0.2, 0) is 12.3 Å². The predicted molar refractivity (Wildman–Crippen MR) is 77.6 cm³/mol. The Hall–Kier alpha value is -1.89. The van der Waals surface area contributed by atoms with Gasteiger partial charge >= 0.3 is 6.61 Å². The van der Waals surface area contributed by atoms with Crippen molar-refractivity contribution >= 4 is 11.8 Å². The average molecular weight is 311 g/mol. The zero-order chi connectivity index (χ0) is 15.2. The molecule has 0 saturated carbocycles. The molecule has 0 atom stereocenters. The van der Waals surface area contributed by atoms with Gasteiger partial charge in [0.1, 0.15) is 11.6 Å². The van der Waals surface area contributed by atoms with Gasteiger partial charge < -0.3 is 9.30 Å². The molecule has 7 heteroatoms. The van der Waals surface area contributed by atoms with Gasteiger partial charge in [-0.25, -0.2) is 0 Å². The van der Waals surface area contributed by atoms with Crippen LogP contribution < -0.4 is 4.74 Å². The summed E-state index contributed by atoms with van der Waals surface area (Å²) >= 11 is 1.53. The van der Waals surface area contributed by atoms with Crippen molar-refractivity contribution in [3.63, 3.8) is 0 Å². The summed E-state index contributed by atoms with van der Waals surface area (Å²) < 4.78 is 30.4. The van der Waals surface area contributed by atoms with Crippen LogP contribution in [0.3, 0.4) is 0 Å². The van der Waals surface area contributed by atoms with E-state index in [4.69, 9.17) is 0 Å². The summed E-state index contributed by atoms with van der Waals surface area (Å²) in [5, 5.41) is 8.95. The highest BCUT2D eigenvalue weighted by atomic mass is 32.2. The van der Waals surface area contributed by atoms with Crippen LogP contribution >= 0.6 is 11.8 Å². The van der Waals surface area contributed by atoms with Gasteiger partial charge in [-0.3, -0.25) is 0 Å². The van der Waals surface area contributed by atoms with E-state index in [-0.39, 0.29) is 5.75 Å². The fourth-order valence-corrected chi connectivity index (χ4v) is 2.67. The van der Waals surface area contributed by atoms with Crippen molar-refractivity contribution in [3.05, 3.63) is 48.3 Å². The first-order chi connectivity index (χ1) is 10.1. The third-order valence-electron chi connectivity index (χ3n) is 2.73. The second-order valence-electron chi connectivity index (χ2n) is 4.24. The number of nitrogens with zero attached hydrogens (tertiary/aromatic N) is 3. The Morgan fingerprint density at radius 1 is 1.33 bits per heavy atom. The molecule has 0 saturated heterocycles. The highest BCUT2D eigenvalue weighted by molar-refractivity contribution is 7.98. The Balaban J connectivity index is 1.98. The minimum absolute atomic E-state index is 0.157. The van der Waals surface area contributed by atoms with Crippen LogP contribution in [0.2, 0.25) is 0 Å². The summed E-state index contributed by atoms with van der Waals surface area (Å²) in [6.07, 6.45) is 1.79. The van der Waals surface area contributed by atoms with Gasteiger partial charge in [-0.05, 0) is 24.6 Å². The number of halogens is 2. The first-order valence-electron chi connectivity index (χ1n) is 6.27. The molecule has 0 bridgehead atoms. The monoisotopic (exact) mass is 311 g/mol. The van der Waals surface area contributed by atoms with E-state index < -0.39 is 6.61 Å². The molecule has 2 aromatic rings. The van der Waals surface area contributed by atoms with Gasteiger partial charge in [0.2, 0.25) is 0 Å². The third-order valence-corrected chi connectivity index (χ3v) is 3.77. The van der Waals surface area contributed by atoms with Crippen LogP contribution in [-0.4, -0.2) is 21.4 Å². The Labute approximate surface area is 125 Å². The number of hydrogen-bond donors (Lipinski definition) is 0. The van der Waals surface area contributed by atoms with Crippen LogP contribution in [0.25, 0.3) is 0 Å². The van der Waals surface area contributed by atoms with Crippen LogP contribution in [0.15, 0.2) is 42.1 Å². The lowest BCUT2D eigenvalue weighted by Gasteiger charge is -2.07. The van der Waals surface area contributed by atoms with Gasteiger partial charge in [-0.1, -0.05) is 30.0 Å². The van der Waals surface area contributed by atoms with Crippen LogP contribution in [0, 0.1) is 6.92 Å². The molecule has 0 aliphatic rings. The van der Waals surface area contributed by atoms with Gasteiger partial charge in [0, 0.05) is 12.3 Å². The number of allylic oxidation sites excluding steroid dienone is 1. The molecule has 0 N–H and O–H groups in total. The molecule has 2 rings (SSSR count). The van der Waals surface area contributed by atoms with Gasteiger partial charge in [-0.2, -0.15) is 8.78 Å². The summed E-state index contributed by atoms with van der Waals surface area (Å²) in [7, 11) is 0. The second kappa shape index (κ2) is 7.21. The zero-order valence-corrected chi connectivity index (χ0v) is 12.3. The van der Waals surface area contributed by atoms with Gasteiger partial charge in [0.25, 0.3) is 0 Å². The van der Waals surface area contributed by atoms with Crippen molar-refractivity contribution in [2.45, 2.75) is 31.0 Å². The summed E-state index contributed by atoms with van der Waals surface area (Å²) in [6, 6.07) is 6.57. The highest BCUT2D eigenvalue weighted by Crippen LogP contribution is 2.23. The van der Waals surface area contributed by atoms with Crippen molar-refractivity contribution in [1.82, 2.24) is 14.8 Å².